The van der Waals surface area contributed by atoms with Crippen LogP contribution in [0.15, 0.2) is 66.7 Å². The van der Waals surface area contributed by atoms with Crippen molar-refractivity contribution in [2.75, 3.05) is 25.1 Å². The first-order chi connectivity index (χ1) is 14.7. The van der Waals surface area contributed by atoms with Crippen molar-refractivity contribution in [3.05, 3.63) is 72.3 Å². The van der Waals surface area contributed by atoms with E-state index in [9.17, 15) is 9.59 Å². The minimum absolute atomic E-state index is 0.0612. The summed E-state index contributed by atoms with van der Waals surface area (Å²) in [5.41, 5.74) is 0.865. The topological polar surface area (TPSA) is 76.7 Å². The Balaban J connectivity index is 1.34. The van der Waals surface area contributed by atoms with Crippen LogP contribution >= 0.6 is 0 Å². The Bertz CT molecular complexity index is 1040. The third-order valence-corrected chi connectivity index (χ3v) is 5.05. The molecule has 6 nitrogen and oxygen atoms in total. The molecule has 0 radical (unpaired) electrons. The molecule has 0 bridgehead atoms. The maximum atomic E-state index is 12.6. The predicted octanol–water partition coefficient (Wildman–Crippen LogP) is 3.77. The molecular formula is C24H24N2O4. The molecule has 0 spiro atoms. The summed E-state index contributed by atoms with van der Waals surface area (Å²) in [6, 6.07) is 20.6. The lowest BCUT2D eigenvalue weighted by atomic mass is 10.1. The zero-order valence-corrected chi connectivity index (χ0v) is 16.6. The first kappa shape index (κ1) is 19.9. The molecule has 0 saturated carbocycles. The Morgan fingerprint density at radius 3 is 2.63 bits per heavy atom. The van der Waals surface area contributed by atoms with Crippen molar-refractivity contribution < 1.29 is 19.1 Å². The summed E-state index contributed by atoms with van der Waals surface area (Å²) in [5.74, 6) is 0.0471. The fraction of sp³-hybridized carbons (Fsp3) is 0.250. The van der Waals surface area contributed by atoms with Crippen LogP contribution in [0.25, 0.3) is 10.8 Å². The van der Waals surface area contributed by atoms with Gasteiger partial charge in [-0.15, -0.1) is 0 Å². The van der Waals surface area contributed by atoms with E-state index in [0.29, 0.717) is 23.5 Å². The van der Waals surface area contributed by atoms with Crippen LogP contribution in [0, 0.1) is 0 Å². The van der Waals surface area contributed by atoms with Gasteiger partial charge in [0, 0.05) is 13.2 Å². The van der Waals surface area contributed by atoms with Gasteiger partial charge < -0.3 is 20.1 Å². The SMILES string of the molecule is O=C(COc1ccc2ccccc2c1)Nc1ccccc1C(=O)NC[C@H]1CCCO1. The molecule has 0 aliphatic carbocycles. The molecule has 0 unspecified atom stereocenters. The van der Waals surface area contributed by atoms with E-state index in [2.05, 4.69) is 10.6 Å². The van der Waals surface area contributed by atoms with Gasteiger partial charge in [-0.1, -0.05) is 42.5 Å². The Morgan fingerprint density at radius 1 is 1.00 bits per heavy atom. The molecule has 1 atom stereocenters. The van der Waals surface area contributed by atoms with Crippen LogP contribution in [0.2, 0.25) is 0 Å². The Kier molecular flexibility index (Phi) is 6.25. The maximum absolute atomic E-state index is 12.6. The fourth-order valence-corrected chi connectivity index (χ4v) is 3.49. The Hall–Kier alpha value is -3.38. The monoisotopic (exact) mass is 404 g/mol. The van der Waals surface area contributed by atoms with Crippen molar-refractivity contribution in [3.63, 3.8) is 0 Å². The number of hydrogen-bond acceptors (Lipinski definition) is 4. The molecule has 4 rings (SSSR count). The van der Waals surface area contributed by atoms with Crippen LogP contribution in [-0.2, 0) is 9.53 Å². The average Bonchev–Trinajstić information content (AvgIpc) is 3.30. The number of benzene rings is 3. The Morgan fingerprint density at radius 2 is 1.80 bits per heavy atom. The van der Waals surface area contributed by atoms with Crippen molar-refractivity contribution in [1.82, 2.24) is 5.32 Å². The number of fused-ring (bicyclic) bond motifs is 1. The van der Waals surface area contributed by atoms with E-state index < -0.39 is 0 Å². The van der Waals surface area contributed by atoms with Crippen molar-refractivity contribution in [3.8, 4) is 5.75 Å². The highest BCUT2D eigenvalue weighted by atomic mass is 16.5. The van der Waals surface area contributed by atoms with Gasteiger partial charge in [-0.3, -0.25) is 9.59 Å². The molecule has 3 aromatic carbocycles. The summed E-state index contributed by atoms with van der Waals surface area (Å²) in [6.45, 7) is 1.06. The second-order valence-corrected chi connectivity index (χ2v) is 7.24. The number of amides is 2. The third-order valence-electron chi connectivity index (χ3n) is 5.05. The van der Waals surface area contributed by atoms with Crippen LogP contribution in [0.3, 0.4) is 0 Å². The average molecular weight is 404 g/mol. The van der Waals surface area contributed by atoms with Gasteiger partial charge in [0.15, 0.2) is 6.61 Å². The lowest BCUT2D eigenvalue weighted by Gasteiger charge is -2.14. The van der Waals surface area contributed by atoms with Crippen LogP contribution < -0.4 is 15.4 Å². The molecule has 1 fully saturated rings. The van der Waals surface area contributed by atoms with Gasteiger partial charge in [0.1, 0.15) is 5.75 Å². The van der Waals surface area contributed by atoms with E-state index in [1.165, 1.54) is 0 Å². The molecule has 1 aliphatic heterocycles. The summed E-state index contributed by atoms with van der Waals surface area (Å²) < 4.78 is 11.2. The minimum atomic E-state index is -0.331. The van der Waals surface area contributed by atoms with Crippen molar-refractivity contribution >= 4 is 28.3 Å². The Labute approximate surface area is 175 Å². The molecule has 1 saturated heterocycles. The molecule has 2 amide bonds. The number of ether oxygens (including phenoxy) is 2. The molecule has 1 aliphatic rings. The first-order valence-electron chi connectivity index (χ1n) is 10.1. The summed E-state index contributed by atoms with van der Waals surface area (Å²) in [4.78, 5) is 25.0. The number of anilines is 1. The molecule has 3 aromatic rings. The van der Waals surface area contributed by atoms with Gasteiger partial charge in [-0.2, -0.15) is 0 Å². The van der Waals surface area contributed by atoms with Crippen LogP contribution in [0.5, 0.6) is 5.75 Å². The molecule has 6 heteroatoms. The summed E-state index contributed by atoms with van der Waals surface area (Å²) in [7, 11) is 0. The number of hydrogen-bond donors (Lipinski definition) is 2. The van der Waals surface area contributed by atoms with E-state index in [1.54, 1.807) is 24.3 Å². The molecule has 2 N–H and O–H groups in total. The zero-order valence-electron chi connectivity index (χ0n) is 16.6. The second-order valence-electron chi connectivity index (χ2n) is 7.24. The highest BCUT2D eigenvalue weighted by Gasteiger charge is 2.18. The number of rotatable bonds is 7. The van der Waals surface area contributed by atoms with Crippen molar-refractivity contribution in [1.29, 1.82) is 0 Å². The molecule has 0 aromatic heterocycles. The van der Waals surface area contributed by atoms with Gasteiger partial charge in [0.2, 0.25) is 0 Å². The predicted molar refractivity (Wildman–Crippen MR) is 116 cm³/mol. The maximum Gasteiger partial charge on any atom is 0.262 e. The zero-order chi connectivity index (χ0) is 20.8. The van der Waals surface area contributed by atoms with Crippen LogP contribution in [-0.4, -0.2) is 37.7 Å². The van der Waals surface area contributed by atoms with E-state index in [4.69, 9.17) is 9.47 Å². The van der Waals surface area contributed by atoms with Crippen molar-refractivity contribution in [2.24, 2.45) is 0 Å². The van der Waals surface area contributed by atoms with E-state index in [-0.39, 0.29) is 24.5 Å². The van der Waals surface area contributed by atoms with Crippen LogP contribution in [0.1, 0.15) is 23.2 Å². The molecule has 30 heavy (non-hydrogen) atoms. The van der Waals surface area contributed by atoms with E-state index in [1.807, 2.05) is 42.5 Å². The van der Waals surface area contributed by atoms with Gasteiger partial charge >= 0.3 is 0 Å². The quantitative estimate of drug-likeness (QED) is 0.629. The van der Waals surface area contributed by atoms with Gasteiger partial charge in [0.05, 0.1) is 17.4 Å². The number of nitrogens with one attached hydrogen (secondary N) is 2. The molecule has 1 heterocycles. The van der Waals surface area contributed by atoms with Gasteiger partial charge in [0.25, 0.3) is 11.8 Å². The normalized spacial score (nSPS) is 15.7. The highest BCUT2D eigenvalue weighted by Crippen LogP contribution is 2.21. The smallest absolute Gasteiger partial charge is 0.262 e. The highest BCUT2D eigenvalue weighted by molar-refractivity contribution is 6.04. The fourth-order valence-electron chi connectivity index (χ4n) is 3.49. The van der Waals surface area contributed by atoms with Crippen LogP contribution in [0.4, 0.5) is 5.69 Å². The number of carbonyl (C=O) groups excluding carboxylic acids is 2. The lowest BCUT2D eigenvalue weighted by molar-refractivity contribution is -0.118. The minimum Gasteiger partial charge on any atom is -0.484 e. The summed E-state index contributed by atoms with van der Waals surface area (Å²) >= 11 is 0. The number of carbonyl (C=O) groups is 2. The first-order valence-corrected chi connectivity index (χ1v) is 10.1. The molecular weight excluding hydrogens is 380 g/mol. The van der Waals surface area contributed by atoms with Gasteiger partial charge in [-0.25, -0.2) is 0 Å². The van der Waals surface area contributed by atoms with E-state index in [0.717, 1.165) is 30.2 Å². The lowest BCUT2D eigenvalue weighted by Crippen LogP contribution is -2.32. The summed E-state index contributed by atoms with van der Waals surface area (Å²) in [6.07, 6.45) is 2.03. The second kappa shape index (κ2) is 9.41. The third kappa shape index (κ3) is 4.96. The van der Waals surface area contributed by atoms with Crippen molar-refractivity contribution in [2.45, 2.75) is 18.9 Å². The number of para-hydroxylation sites is 1. The van der Waals surface area contributed by atoms with E-state index >= 15 is 0 Å². The largest absolute Gasteiger partial charge is 0.484 e. The molecule has 154 valence electrons. The van der Waals surface area contributed by atoms with Gasteiger partial charge in [-0.05, 0) is 47.9 Å². The standard InChI is InChI=1S/C24H24N2O4/c27-23(16-30-19-12-11-17-6-1-2-7-18(17)14-19)26-22-10-4-3-9-21(22)24(28)25-15-20-8-5-13-29-20/h1-4,6-7,9-12,14,20H,5,8,13,15-16H2,(H,25,28)(H,26,27)/t20-/m1/s1. The summed E-state index contributed by atoms with van der Waals surface area (Å²) in [5, 5.41) is 7.81.